The van der Waals surface area contributed by atoms with Gasteiger partial charge in [0.25, 0.3) is 0 Å². The minimum absolute atomic E-state index is 0.417. The van der Waals surface area contributed by atoms with Crippen molar-refractivity contribution in [1.82, 2.24) is 15.1 Å². The van der Waals surface area contributed by atoms with Crippen LogP contribution in [0.25, 0.3) is 0 Å². The molecule has 3 nitrogen and oxygen atoms in total. The molecule has 1 saturated heterocycles. The summed E-state index contributed by atoms with van der Waals surface area (Å²) in [4.78, 5) is 0. The van der Waals surface area contributed by atoms with Crippen LogP contribution in [0.2, 0.25) is 0 Å². The maximum Gasteiger partial charge on any atom is 0.0524 e. The maximum absolute atomic E-state index is 4.49. The molecular formula is C12H19N3. The monoisotopic (exact) mass is 205 g/mol. The van der Waals surface area contributed by atoms with Gasteiger partial charge >= 0.3 is 0 Å². The zero-order chi connectivity index (χ0) is 10.3. The Hall–Kier alpha value is -0.830. The van der Waals surface area contributed by atoms with Crippen molar-refractivity contribution in [2.45, 2.75) is 44.6 Å². The lowest BCUT2D eigenvalue weighted by molar-refractivity contribution is 0.292. The van der Waals surface area contributed by atoms with Crippen molar-refractivity contribution in [3.8, 4) is 0 Å². The van der Waals surface area contributed by atoms with Gasteiger partial charge in [0.05, 0.1) is 6.20 Å². The molecule has 1 N–H and O–H groups in total. The molecule has 1 atom stereocenters. The lowest BCUT2D eigenvalue weighted by atomic mass is 9.78. The van der Waals surface area contributed by atoms with E-state index in [9.17, 15) is 0 Å². The van der Waals surface area contributed by atoms with Gasteiger partial charge in [-0.15, -0.1) is 0 Å². The van der Waals surface area contributed by atoms with Crippen LogP contribution in [0.3, 0.4) is 0 Å². The molecule has 0 bridgehead atoms. The summed E-state index contributed by atoms with van der Waals surface area (Å²) in [6.45, 7) is 5.55. The molecule has 0 saturated carbocycles. The average Bonchev–Trinajstić information content (AvgIpc) is 2.83. The van der Waals surface area contributed by atoms with Crippen LogP contribution in [0.5, 0.6) is 0 Å². The highest BCUT2D eigenvalue weighted by Crippen LogP contribution is 2.43. The molecular weight excluding hydrogens is 186 g/mol. The van der Waals surface area contributed by atoms with Gasteiger partial charge in [-0.05, 0) is 44.7 Å². The molecule has 0 aromatic carbocycles. The van der Waals surface area contributed by atoms with Crippen molar-refractivity contribution in [3.63, 3.8) is 0 Å². The zero-order valence-electron chi connectivity index (χ0n) is 9.42. The number of piperidine rings is 1. The molecule has 1 spiro atoms. The minimum atomic E-state index is 0.417. The molecule has 0 unspecified atom stereocenters. The van der Waals surface area contributed by atoms with Crippen LogP contribution in [0.1, 0.15) is 37.4 Å². The molecule has 0 amide bonds. The fraction of sp³-hybridized carbons (Fsp3) is 0.750. The van der Waals surface area contributed by atoms with Gasteiger partial charge in [0, 0.05) is 24.2 Å². The van der Waals surface area contributed by atoms with Crippen LogP contribution in [-0.2, 0) is 18.4 Å². The van der Waals surface area contributed by atoms with Gasteiger partial charge in [0.2, 0.25) is 0 Å². The molecule has 15 heavy (non-hydrogen) atoms. The van der Waals surface area contributed by atoms with Crippen LogP contribution in [0.4, 0.5) is 0 Å². The Labute approximate surface area is 90.9 Å². The van der Waals surface area contributed by atoms with Crippen LogP contribution in [-0.4, -0.2) is 22.9 Å². The third-order valence-electron chi connectivity index (χ3n) is 4.06. The summed E-state index contributed by atoms with van der Waals surface area (Å²) >= 11 is 0. The number of hydrogen-bond donors (Lipinski definition) is 1. The van der Waals surface area contributed by atoms with Crippen LogP contribution >= 0.6 is 0 Å². The van der Waals surface area contributed by atoms with E-state index in [1.54, 1.807) is 0 Å². The number of aromatic nitrogens is 2. The van der Waals surface area contributed by atoms with E-state index >= 15 is 0 Å². The topological polar surface area (TPSA) is 29.9 Å². The smallest absolute Gasteiger partial charge is 0.0524 e. The first kappa shape index (κ1) is 9.40. The van der Waals surface area contributed by atoms with Crippen LogP contribution < -0.4 is 5.32 Å². The van der Waals surface area contributed by atoms with Gasteiger partial charge in [0.15, 0.2) is 0 Å². The number of hydrogen-bond acceptors (Lipinski definition) is 2. The number of fused-ring (bicyclic) bond motifs is 2. The molecule has 0 radical (unpaired) electrons. The van der Waals surface area contributed by atoms with Gasteiger partial charge in [-0.3, -0.25) is 4.68 Å². The summed E-state index contributed by atoms with van der Waals surface area (Å²) in [6.07, 6.45) is 7.30. The molecule has 1 aliphatic carbocycles. The summed E-state index contributed by atoms with van der Waals surface area (Å²) in [5, 5.41) is 8.05. The largest absolute Gasteiger partial charge is 0.316 e. The van der Waals surface area contributed by atoms with Crippen molar-refractivity contribution < 1.29 is 0 Å². The summed E-state index contributed by atoms with van der Waals surface area (Å²) in [5.41, 5.74) is 3.46. The van der Waals surface area contributed by atoms with Gasteiger partial charge < -0.3 is 5.32 Å². The average molecular weight is 205 g/mol. The first-order chi connectivity index (χ1) is 7.36. The number of nitrogens with zero attached hydrogens (tertiary/aromatic N) is 2. The summed E-state index contributed by atoms with van der Waals surface area (Å²) < 4.78 is 2.22. The number of aryl methyl sites for hydroxylation is 2. The minimum Gasteiger partial charge on any atom is -0.316 e. The van der Waals surface area contributed by atoms with E-state index in [0.29, 0.717) is 5.41 Å². The Balaban J connectivity index is 2.04. The lowest BCUT2D eigenvalue weighted by Gasteiger charge is -2.35. The van der Waals surface area contributed by atoms with E-state index in [-0.39, 0.29) is 0 Å². The summed E-state index contributed by atoms with van der Waals surface area (Å²) in [5.74, 6) is 0. The maximum atomic E-state index is 4.49. The molecule has 82 valence electrons. The predicted molar refractivity (Wildman–Crippen MR) is 60.0 cm³/mol. The molecule has 3 heteroatoms. The van der Waals surface area contributed by atoms with E-state index in [0.717, 1.165) is 13.1 Å². The fourth-order valence-corrected chi connectivity index (χ4v) is 3.34. The Morgan fingerprint density at radius 3 is 3.20 bits per heavy atom. The van der Waals surface area contributed by atoms with Crippen molar-refractivity contribution in [2.24, 2.45) is 0 Å². The Morgan fingerprint density at radius 2 is 2.47 bits per heavy atom. The second-order valence-corrected chi connectivity index (χ2v) is 4.89. The van der Waals surface area contributed by atoms with Gasteiger partial charge in [-0.25, -0.2) is 0 Å². The van der Waals surface area contributed by atoms with E-state index < -0.39 is 0 Å². The van der Waals surface area contributed by atoms with Gasteiger partial charge in [-0.2, -0.15) is 5.10 Å². The van der Waals surface area contributed by atoms with E-state index in [4.69, 9.17) is 0 Å². The summed E-state index contributed by atoms with van der Waals surface area (Å²) in [6, 6.07) is 0. The molecule has 1 fully saturated rings. The molecule has 1 aliphatic heterocycles. The van der Waals surface area contributed by atoms with Crippen molar-refractivity contribution in [2.75, 3.05) is 13.1 Å². The zero-order valence-corrected chi connectivity index (χ0v) is 9.42. The molecule has 3 rings (SSSR count). The fourth-order valence-electron chi connectivity index (χ4n) is 3.34. The highest BCUT2D eigenvalue weighted by molar-refractivity contribution is 5.34. The third kappa shape index (κ3) is 1.26. The van der Waals surface area contributed by atoms with Gasteiger partial charge in [0.1, 0.15) is 0 Å². The first-order valence-electron chi connectivity index (χ1n) is 6.12. The molecule has 1 aromatic heterocycles. The van der Waals surface area contributed by atoms with Crippen LogP contribution in [0, 0.1) is 0 Å². The van der Waals surface area contributed by atoms with E-state index in [1.807, 2.05) is 0 Å². The van der Waals surface area contributed by atoms with Crippen molar-refractivity contribution in [1.29, 1.82) is 0 Å². The van der Waals surface area contributed by atoms with Gasteiger partial charge in [-0.1, -0.05) is 0 Å². The van der Waals surface area contributed by atoms with E-state index in [2.05, 4.69) is 28.2 Å². The highest BCUT2D eigenvalue weighted by Gasteiger charge is 2.42. The Kier molecular flexibility index (Phi) is 2.09. The molecule has 1 aromatic rings. The quantitative estimate of drug-likeness (QED) is 0.752. The Bertz CT molecular complexity index is 361. The van der Waals surface area contributed by atoms with E-state index in [1.165, 1.54) is 43.5 Å². The first-order valence-corrected chi connectivity index (χ1v) is 6.12. The van der Waals surface area contributed by atoms with Crippen molar-refractivity contribution >= 4 is 0 Å². The second-order valence-electron chi connectivity index (χ2n) is 4.89. The molecule has 2 aliphatic rings. The second kappa shape index (κ2) is 3.34. The number of rotatable bonds is 1. The highest BCUT2D eigenvalue weighted by atomic mass is 15.3. The standard InChI is InChI=1S/C12H19N3/c1-2-15-11-10(8-14-15)4-6-12(11)5-3-7-13-9-12/h8,13H,2-7,9H2,1H3/t12-/m1/s1. The lowest BCUT2D eigenvalue weighted by Crippen LogP contribution is -2.43. The third-order valence-corrected chi connectivity index (χ3v) is 4.06. The number of nitrogens with one attached hydrogen (secondary N) is 1. The SMILES string of the molecule is CCn1ncc2c1[C@]1(CCCNC1)CC2. The molecule has 2 heterocycles. The Morgan fingerprint density at radius 1 is 1.53 bits per heavy atom. The van der Waals surface area contributed by atoms with Crippen LogP contribution in [0.15, 0.2) is 6.20 Å². The predicted octanol–water partition coefficient (Wildman–Crippen LogP) is 1.47. The summed E-state index contributed by atoms with van der Waals surface area (Å²) in [7, 11) is 0. The van der Waals surface area contributed by atoms with Crippen molar-refractivity contribution in [3.05, 3.63) is 17.5 Å². The normalized spacial score (nSPS) is 29.7.